The average molecular weight is 700 g/mol. The number of fused-ring (bicyclic) bond motifs is 5. The Kier molecular flexibility index (Phi) is 10.4. The summed E-state index contributed by atoms with van der Waals surface area (Å²) in [6.07, 6.45) is 10.0. The first kappa shape index (κ1) is 38.0. The first-order valence-corrected chi connectivity index (χ1v) is 21.8. The molecule has 1 aliphatic heterocycles. The van der Waals surface area contributed by atoms with Gasteiger partial charge in [0, 0.05) is 32.5 Å². The summed E-state index contributed by atoms with van der Waals surface area (Å²) in [4.78, 5) is 47.8. The van der Waals surface area contributed by atoms with Crippen LogP contribution in [0.3, 0.4) is 0 Å². The van der Waals surface area contributed by atoms with E-state index in [2.05, 4.69) is 52.9 Å². The van der Waals surface area contributed by atoms with Gasteiger partial charge in [0.2, 0.25) is 0 Å². The van der Waals surface area contributed by atoms with Crippen LogP contribution in [-0.2, 0) is 18.8 Å². The van der Waals surface area contributed by atoms with Crippen molar-refractivity contribution in [2.24, 2.45) is 39.7 Å². The Bertz CT molecular complexity index is 1360. The van der Waals surface area contributed by atoms with Crippen molar-refractivity contribution < 1.29 is 28.4 Å². The summed E-state index contributed by atoms with van der Waals surface area (Å²) in [6, 6.07) is -0.257. The number of hydrogen-bond donors (Lipinski definition) is 0. The number of ether oxygens (including phenoxy) is 1. The maximum Gasteiger partial charge on any atom is 0.435 e. The van der Waals surface area contributed by atoms with E-state index in [-0.39, 0.29) is 40.0 Å². The van der Waals surface area contributed by atoms with Crippen LogP contribution in [0.4, 0.5) is 9.59 Å². The van der Waals surface area contributed by atoms with Crippen LogP contribution in [0.25, 0.3) is 0 Å². The Morgan fingerprint density at radius 1 is 1.02 bits per heavy atom. The quantitative estimate of drug-likeness (QED) is 0.119. The minimum Gasteiger partial charge on any atom is -0.444 e. The molecule has 0 aromatic heterocycles. The van der Waals surface area contributed by atoms with E-state index in [1.54, 1.807) is 11.9 Å². The lowest BCUT2D eigenvalue weighted by Gasteiger charge is -2.58. The van der Waals surface area contributed by atoms with E-state index < -0.39 is 20.0 Å². The molecular weight excluding hydrogens is 635 g/mol. The van der Waals surface area contributed by atoms with Crippen LogP contribution in [0, 0.1) is 34.5 Å². The summed E-state index contributed by atoms with van der Waals surface area (Å²) in [6.45, 7) is 24.3. The van der Waals surface area contributed by atoms with Gasteiger partial charge in [0.05, 0.1) is 17.9 Å². The van der Waals surface area contributed by atoms with Gasteiger partial charge in [-0.2, -0.15) is 0 Å². The Labute approximate surface area is 297 Å². The number of amides is 2. The number of allylic oxidation sites excluding steroid dienone is 1. The van der Waals surface area contributed by atoms with E-state index in [1.165, 1.54) is 29.7 Å². The van der Waals surface area contributed by atoms with Gasteiger partial charge in [-0.1, -0.05) is 45.3 Å². The number of hydrogen-bond acceptors (Lipinski definition) is 7. The SMILES string of the molecule is C/C(=N\OC(=O)N(C)C[C@@H]1C[C@@H](O[Si](C)(C)C(C)(C)C)CN1C(=O)OC(C)(C)C)[C@H]1CC[C@H]2[C@@H]3CCC4=CC(=O)CC[C@]4(C)[C@H]3CC[C@]12C. The third-order valence-corrected chi connectivity index (χ3v) is 18.3. The first-order chi connectivity index (χ1) is 22.6. The van der Waals surface area contributed by atoms with Crippen molar-refractivity contribution in [3.8, 4) is 0 Å². The van der Waals surface area contributed by atoms with E-state index in [4.69, 9.17) is 14.0 Å². The summed E-state index contributed by atoms with van der Waals surface area (Å²) in [5.74, 6) is 2.52. The topological polar surface area (TPSA) is 97.7 Å². The largest absolute Gasteiger partial charge is 0.444 e. The highest BCUT2D eigenvalue weighted by Gasteiger charge is 2.59. The molecule has 9 nitrogen and oxygen atoms in total. The molecule has 0 N–H and O–H groups in total. The number of likely N-dealkylation sites (N-methyl/N-ethyl adjacent to an activating group) is 1. The van der Waals surface area contributed by atoms with Crippen molar-refractivity contribution in [3.05, 3.63) is 11.6 Å². The van der Waals surface area contributed by atoms with Crippen molar-refractivity contribution in [2.75, 3.05) is 20.1 Å². The second kappa shape index (κ2) is 13.4. The normalized spacial score (nSPS) is 35.3. The number of likely N-dealkylation sites (tertiary alicyclic amines) is 1. The van der Waals surface area contributed by atoms with Crippen LogP contribution in [0.15, 0.2) is 16.8 Å². The standard InChI is InChI=1S/C39H65N3O6Si/c1-25(31-15-16-32-30-14-13-26-21-28(43)17-19-38(26,8)33(30)18-20-39(31,32)9)40-47-34(44)41(10)23-27-22-29(48-49(11,12)37(5,6)7)24-42(27)35(45)46-36(2,3)4/h21,27,29-33H,13-20,22-24H2,1-12H3/b40-25+/t27-,29+,30-,31+,32-,33-,38-,39+/m0/s1. The molecule has 0 bridgehead atoms. The van der Waals surface area contributed by atoms with Crippen molar-refractivity contribution >= 4 is 32.0 Å². The lowest BCUT2D eigenvalue weighted by Crippen LogP contribution is -2.51. The molecule has 5 rings (SSSR count). The lowest BCUT2D eigenvalue weighted by atomic mass is 9.46. The average Bonchev–Trinajstić information content (AvgIpc) is 3.54. The van der Waals surface area contributed by atoms with Gasteiger partial charge in [0.25, 0.3) is 0 Å². The fraction of sp³-hybridized carbons (Fsp3) is 0.846. The van der Waals surface area contributed by atoms with E-state index in [1.807, 2.05) is 33.8 Å². The molecule has 0 spiro atoms. The predicted octanol–water partition coefficient (Wildman–Crippen LogP) is 8.98. The number of ketones is 1. The molecular formula is C39H65N3O6Si. The monoisotopic (exact) mass is 699 g/mol. The van der Waals surface area contributed by atoms with E-state index in [0.717, 1.165) is 31.4 Å². The zero-order chi connectivity index (χ0) is 36.3. The molecule has 5 aliphatic rings. The molecule has 4 fully saturated rings. The zero-order valence-corrected chi connectivity index (χ0v) is 33.6. The third kappa shape index (κ3) is 7.56. The molecule has 0 radical (unpaired) electrons. The Morgan fingerprint density at radius 2 is 1.71 bits per heavy atom. The molecule has 0 aromatic rings. The molecule has 4 aliphatic carbocycles. The van der Waals surface area contributed by atoms with Crippen LogP contribution >= 0.6 is 0 Å². The van der Waals surface area contributed by atoms with Crippen molar-refractivity contribution in [1.29, 1.82) is 0 Å². The summed E-state index contributed by atoms with van der Waals surface area (Å²) in [5, 5.41) is 4.52. The maximum atomic E-state index is 13.3. The molecule has 10 heteroatoms. The van der Waals surface area contributed by atoms with Crippen LogP contribution in [0.2, 0.25) is 18.1 Å². The van der Waals surface area contributed by atoms with E-state index >= 15 is 0 Å². The van der Waals surface area contributed by atoms with Gasteiger partial charge in [-0.25, -0.2) is 9.59 Å². The zero-order valence-electron chi connectivity index (χ0n) is 32.6. The number of oxime groups is 1. The van der Waals surface area contributed by atoms with Crippen LogP contribution in [0.5, 0.6) is 0 Å². The van der Waals surface area contributed by atoms with Crippen LogP contribution in [-0.4, -0.2) is 79.7 Å². The first-order valence-electron chi connectivity index (χ1n) is 18.9. The summed E-state index contributed by atoms with van der Waals surface area (Å²) >= 11 is 0. The minimum atomic E-state index is -2.07. The van der Waals surface area contributed by atoms with Gasteiger partial charge in [-0.3, -0.25) is 9.63 Å². The second-order valence-corrected chi connectivity index (χ2v) is 23.9. The minimum absolute atomic E-state index is 0.0422. The summed E-state index contributed by atoms with van der Waals surface area (Å²) in [7, 11) is -0.360. The molecule has 1 heterocycles. The van der Waals surface area contributed by atoms with Crippen molar-refractivity contribution in [1.82, 2.24) is 9.80 Å². The summed E-state index contributed by atoms with van der Waals surface area (Å²) in [5.41, 5.74) is 1.97. The highest BCUT2D eigenvalue weighted by Crippen LogP contribution is 2.66. The van der Waals surface area contributed by atoms with Gasteiger partial charge >= 0.3 is 12.2 Å². The highest BCUT2D eigenvalue weighted by atomic mass is 28.4. The number of carbonyl (C=O) groups excluding carboxylic acids is 3. The molecule has 0 unspecified atom stereocenters. The maximum absolute atomic E-state index is 13.3. The predicted molar refractivity (Wildman–Crippen MR) is 196 cm³/mol. The van der Waals surface area contributed by atoms with Crippen LogP contribution < -0.4 is 0 Å². The highest BCUT2D eigenvalue weighted by molar-refractivity contribution is 6.74. The molecule has 3 saturated carbocycles. The van der Waals surface area contributed by atoms with Gasteiger partial charge in [-0.05, 0) is 132 Å². The van der Waals surface area contributed by atoms with Gasteiger partial charge in [0.15, 0.2) is 14.1 Å². The number of rotatable bonds is 6. The summed E-state index contributed by atoms with van der Waals surface area (Å²) < 4.78 is 12.5. The molecule has 1 saturated heterocycles. The Morgan fingerprint density at radius 3 is 2.37 bits per heavy atom. The van der Waals surface area contributed by atoms with Crippen molar-refractivity contribution in [3.63, 3.8) is 0 Å². The van der Waals surface area contributed by atoms with Gasteiger partial charge < -0.3 is 19.0 Å². The molecule has 49 heavy (non-hydrogen) atoms. The Hall–Kier alpha value is -2.20. The van der Waals surface area contributed by atoms with E-state index in [9.17, 15) is 14.4 Å². The van der Waals surface area contributed by atoms with Crippen LogP contribution in [0.1, 0.15) is 120 Å². The Balaban J connectivity index is 1.22. The van der Waals surface area contributed by atoms with Crippen molar-refractivity contribution in [2.45, 2.75) is 156 Å². The van der Waals surface area contributed by atoms with Gasteiger partial charge in [0.1, 0.15) is 5.60 Å². The lowest BCUT2D eigenvalue weighted by molar-refractivity contribution is -0.117. The smallest absolute Gasteiger partial charge is 0.435 e. The fourth-order valence-corrected chi connectivity index (χ4v) is 11.5. The number of carbonyl (C=O) groups is 3. The van der Waals surface area contributed by atoms with Gasteiger partial charge in [-0.15, -0.1) is 0 Å². The molecule has 276 valence electrons. The number of nitrogens with zero attached hydrogens (tertiary/aromatic N) is 3. The molecule has 8 atom stereocenters. The van der Waals surface area contributed by atoms with E-state index in [0.29, 0.717) is 49.5 Å². The molecule has 0 aromatic carbocycles. The third-order valence-electron chi connectivity index (χ3n) is 13.8. The second-order valence-electron chi connectivity index (χ2n) is 19.1. The fourth-order valence-electron chi connectivity index (χ4n) is 10.2. The molecule has 2 amide bonds.